The number of imidazole rings is 1. The second kappa shape index (κ2) is 5.13. The van der Waals surface area contributed by atoms with Gasteiger partial charge in [-0.15, -0.1) is 0 Å². The topological polar surface area (TPSA) is 75.9 Å². The predicted molar refractivity (Wildman–Crippen MR) is 72.9 cm³/mol. The van der Waals surface area contributed by atoms with Crippen molar-refractivity contribution in [2.45, 2.75) is 25.3 Å². The maximum Gasteiger partial charge on any atom is 0.358 e. The third kappa shape index (κ3) is 2.22. The zero-order valence-electron chi connectivity index (χ0n) is 11.3. The lowest BCUT2D eigenvalue weighted by Gasteiger charge is -2.08. The molecule has 1 fully saturated rings. The van der Waals surface area contributed by atoms with Crippen molar-refractivity contribution in [3.8, 4) is 5.75 Å². The molecule has 3 heterocycles. The van der Waals surface area contributed by atoms with Crippen LogP contribution in [0.5, 0.6) is 5.75 Å². The smallest absolute Gasteiger partial charge is 0.358 e. The average molecular weight is 275 g/mol. The van der Waals surface area contributed by atoms with Gasteiger partial charge in [-0.05, 0) is 31.5 Å². The van der Waals surface area contributed by atoms with Crippen molar-refractivity contribution in [1.29, 1.82) is 0 Å². The number of aromatic hydroxyl groups is 1. The van der Waals surface area contributed by atoms with E-state index in [2.05, 4.69) is 10.3 Å². The van der Waals surface area contributed by atoms with Crippen LogP contribution in [-0.2, 0) is 11.2 Å². The summed E-state index contributed by atoms with van der Waals surface area (Å²) in [6, 6.07) is 3.59. The van der Waals surface area contributed by atoms with Gasteiger partial charge in [0.15, 0.2) is 5.69 Å². The molecule has 1 atom stereocenters. The molecule has 0 radical (unpaired) electrons. The van der Waals surface area contributed by atoms with E-state index in [-0.39, 0.29) is 5.75 Å². The number of aromatic nitrogens is 2. The number of hydrogen-bond acceptors (Lipinski definition) is 5. The number of nitrogens with zero attached hydrogens (tertiary/aromatic N) is 2. The number of methoxy groups -OCH3 is 1. The van der Waals surface area contributed by atoms with Gasteiger partial charge in [0.2, 0.25) is 0 Å². The maximum atomic E-state index is 11.8. The summed E-state index contributed by atoms with van der Waals surface area (Å²) in [4.78, 5) is 16.2. The Morgan fingerprint density at radius 2 is 2.45 bits per heavy atom. The molecule has 106 valence electrons. The lowest BCUT2D eigenvalue weighted by molar-refractivity contribution is 0.0596. The Hall–Kier alpha value is -2.08. The minimum Gasteiger partial charge on any atom is -0.506 e. The average Bonchev–Trinajstić information content (AvgIpc) is 3.07. The Labute approximate surface area is 116 Å². The van der Waals surface area contributed by atoms with Crippen LogP contribution in [0.4, 0.5) is 0 Å². The molecule has 0 saturated carbocycles. The van der Waals surface area contributed by atoms with Crippen LogP contribution in [0.1, 0.15) is 29.2 Å². The van der Waals surface area contributed by atoms with E-state index in [0.717, 1.165) is 31.6 Å². The number of hydrogen-bond donors (Lipinski definition) is 2. The highest BCUT2D eigenvalue weighted by atomic mass is 16.5. The number of nitrogens with one attached hydrogen (secondary N) is 1. The van der Waals surface area contributed by atoms with Gasteiger partial charge in [0.05, 0.1) is 18.8 Å². The Balaban J connectivity index is 2.05. The monoisotopic (exact) mass is 275 g/mol. The van der Waals surface area contributed by atoms with Gasteiger partial charge in [-0.1, -0.05) is 0 Å². The minimum atomic E-state index is -0.459. The molecule has 1 aliphatic rings. The summed E-state index contributed by atoms with van der Waals surface area (Å²) in [5.41, 5.74) is 0.947. The van der Waals surface area contributed by atoms with Crippen LogP contribution in [0.2, 0.25) is 0 Å². The summed E-state index contributed by atoms with van der Waals surface area (Å²) in [5, 5.41) is 13.0. The molecule has 1 unspecified atom stereocenters. The van der Waals surface area contributed by atoms with E-state index in [0.29, 0.717) is 17.3 Å². The maximum absolute atomic E-state index is 11.8. The number of pyridine rings is 1. The van der Waals surface area contributed by atoms with E-state index >= 15 is 0 Å². The fourth-order valence-electron chi connectivity index (χ4n) is 2.68. The van der Waals surface area contributed by atoms with Gasteiger partial charge in [0.25, 0.3) is 0 Å². The summed E-state index contributed by atoms with van der Waals surface area (Å²) < 4.78 is 6.53. The summed E-state index contributed by atoms with van der Waals surface area (Å²) in [7, 11) is 1.34. The first-order valence-electron chi connectivity index (χ1n) is 6.70. The third-order valence-corrected chi connectivity index (χ3v) is 3.66. The van der Waals surface area contributed by atoms with E-state index in [9.17, 15) is 9.90 Å². The number of fused-ring (bicyclic) bond motifs is 1. The van der Waals surface area contributed by atoms with Gasteiger partial charge in [-0.2, -0.15) is 0 Å². The molecule has 0 amide bonds. The summed E-state index contributed by atoms with van der Waals surface area (Å²) >= 11 is 0. The largest absolute Gasteiger partial charge is 0.506 e. The molecule has 2 aromatic rings. The Morgan fingerprint density at radius 3 is 3.15 bits per heavy atom. The van der Waals surface area contributed by atoms with Crippen LogP contribution >= 0.6 is 0 Å². The van der Waals surface area contributed by atoms with Crippen molar-refractivity contribution >= 4 is 11.5 Å². The van der Waals surface area contributed by atoms with Crippen molar-refractivity contribution in [3.05, 3.63) is 29.8 Å². The molecular weight excluding hydrogens is 258 g/mol. The Kier molecular flexibility index (Phi) is 3.31. The standard InChI is InChI=1S/C14H17N3O3/c1-20-14(19)13-11-5-4-10(18)8-17(11)12(16-13)7-9-3-2-6-15-9/h4-5,8-9,15,18H,2-3,6-7H2,1H3. The van der Waals surface area contributed by atoms with Crippen LogP contribution in [0.3, 0.4) is 0 Å². The van der Waals surface area contributed by atoms with Crippen LogP contribution in [0, 0.1) is 0 Å². The first-order valence-corrected chi connectivity index (χ1v) is 6.70. The molecule has 1 saturated heterocycles. The summed E-state index contributed by atoms with van der Waals surface area (Å²) in [6.45, 7) is 1.02. The number of esters is 1. The second-order valence-electron chi connectivity index (χ2n) is 5.01. The van der Waals surface area contributed by atoms with Gasteiger partial charge in [0, 0.05) is 12.5 Å². The van der Waals surface area contributed by atoms with E-state index in [1.807, 2.05) is 0 Å². The molecule has 0 bridgehead atoms. The van der Waals surface area contributed by atoms with E-state index in [4.69, 9.17) is 4.74 Å². The SMILES string of the molecule is COC(=O)c1nc(CC2CCCN2)n2cc(O)ccc12. The van der Waals surface area contributed by atoms with Gasteiger partial charge in [-0.25, -0.2) is 9.78 Å². The number of carbonyl (C=O) groups excluding carboxylic acids is 1. The van der Waals surface area contributed by atoms with Gasteiger partial charge in [-0.3, -0.25) is 4.40 Å². The molecule has 6 nitrogen and oxygen atoms in total. The van der Waals surface area contributed by atoms with E-state index in [1.165, 1.54) is 7.11 Å². The molecule has 2 aromatic heterocycles. The lowest BCUT2D eigenvalue weighted by Crippen LogP contribution is -2.24. The quantitative estimate of drug-likeness (QED) is 0.821. The molecule has 3 rings (SSSR count). The zero-order chi connectivity index (χ0) is 14.1. The fraction of sp³-hybridized carbons (Fsp3) is 0.429. The summed E-state index contributed by atoms with van der Waals surface area (Å²) in [6.07, 6.45) is 4.56. The van der Waals surface area contributed by atoms with Crippen LogP contribution in [0.25, 0.3) is 5.52 Å². The highest BCUT2D eigenvalue weighted by Gasteiger charge is 2.22. The molecule has 6 heteroatoms. The highest BCUT2D eigenvalue weighted by molar-refractivity contribution is 5.95. The van der Waals surface area contributed by atoms with Crippen LogP contribution in [0.15, 0.2) is 18.3 Å². The fourth-order valence-corrected chi connectivity index (χ4v) is 2.68. The third-order valence-electron chi connectivity index (χ3n) is 3.66. The van der Waals surface area contributed by atoms with Crippen molar-refractivity contribution in [2.24, 2.45) is 0 Å². The summed E-state index contributed by atoms with van der Waals surface area (Å²) in [5.74, 6) is 0.446. The lowest BCUT2D eigenvalue weighted by atomic mass is 10.1. The molecule has 1 aliphatic heterocycles. The number of rotatable bonds is 3. The highest BCUT2D eigenvalue weighted by Crippen LogP contribution is 2.20. The number of ether oxygens (including phenoxy) is 1. The molecule has 0 aliphatic carbocycles. The van der Waals surface area contributed by atoms with Gasteiger partial charge >= 0.3 is 5.97 Å². The van der Waals surface area contributed by atoms with Crippen molar-refractivity contribution in [3.63, 3.8) is 0 Å². The Morgan fingerprint density at radius 1 is 1.60 bits per heavy atom. The normalized spacial score (nSPS) is 18.6. The number of carbonyl (C=O) groups is 1. The Bertz CT molecular complexity index is 644. The molecule has 20 heavy (non-hydrogen) atoms. The molecule has 0 spiro atoms. The van der Waals surface area contributed by atoms with Gasteiger partial charge in [0.1, 0.15) is 11.6 Å². The molecular formula is C14H17N3O3. The molecule has 0 aromatic carbocycles. The second-order valence-corrected chi connectivity index (χ2v) is 5.01. The van der Waals surface area contributed by atoms with Crippen molar-refractivity contribution < 1.29 is 14.6 Å². The van der Waals surface area contributed by atoms with E-state index in [1.54, 1.807) is 22.7 Å². The zero-order valence-corrected chi connectivity index (χ0v) is 11.3. The van der Waals surface area contributed by atoms with Crippen molar-refractivity contribution in [1.82, 2.24) is 14.7 Å². The first-order chi connectivity index (χ1) is 9.69. The van der Waals surface area contributed by atoms with Crippen molar-refractivity contribution in [2.75, 3.05) is 13.7 Å². The van der Waals surface area contributed by atoms with Crippen LogP contribution < -0.4 is 5.32 Å². The first kappa shape index (κ1) is 12.9. The minimum absolute atomic E-state index is 0.145. The predicted octanol–water partition coefficient (Wildman–Crippen LogP) is 1.12. The van der Waals surface area contributed by atoms with E-state index < -0.39 is 5.97 Å². The van der Waals surface area contributed by atoms with Gasteiger partial charge < -0.3 is 15.2 Å². The molecule has 2 N–H and O–H groups in total. The van der Waals surface area contributed by atoms with Crippen LogP contribution in [-0.4, -0.2) is 40.2 Å².